The summed E-state index contributed by atoms with van der Waals surface area (Å²) in [6.07, 6.45) is 4.70. The van der Waals surface area contributed by atoms with Gasteiger partial charge in [0.15, 0.2) is 0 Å². The largest absolute Gasteiger partial charge is 0.416 e. The molecular formula is C26H33F3O4S. The van der Waals surface area contributed by atoms with Crippen LogP contribution in [0.1, 0.15) is 93.7 Å². The van der Waals surface area contributed by atoms with Crippen molar-refractivity contribution in [1.29, 1.82) is 0 Å². The standard InChI is InChI=1S/C26H33F3O4S/c1-25-12-11-19-18(20(25)9-10-21(25)24(30)15-5-3-2-4-6-15)8-7-16-13-17(34(31,32)33)14-22(23(16)19)26(27,28)29/h13-15,18-21H,2-12H2,1H3,(H,31,32,33)/t18-,19+,20+,21-,25+/m1/s1. The van der Waals surface area contributed by atoms with Crippen LogP contribution in [-0.4, -0.2) is 18.8 Å². The van der Waals surface area contributed by atoms with Gasteiger partial charge in [0, 0.05) is 11.8 Å². The minimum absolute atomic E-state index is 0.00643. The molecule has 1 aromatic rings. The average molecular weight is 499 g/mol. The van der Waals surface area contributed by atoms with Gasteiger partial charge >= 0.3 is 6.18 Å². The van der Waals surface area contributed by atoms with Gasteiger partial charge in [-0.25, -0.2) is 0 Å². The van der Waals surface area contributed by atoms with E-state index < -0.39 is 26.8 Å². The van der Waals surface area contributed by atoms with Gasteiger partial charge < -0.3 is 0 Å². The van der Waals surface area contributed by atoms with Crippen molar-refractivity contribution < 1.29 is 30.9 Å². The fourth-order valence-electron chi connectivity index (χ4n) is 8.22. The van der Waals surface area contributed by atoms with E-state index in [2.05, 4.69) is 6.92 Å². The first kappa shape index (κ1) is 24.3. The molecule has 3 fully saturated rings. The van der Waals surface area contributed by atoms with E-state index in [1.54, 1.807) is 0 Å². The maximum absolute atomic E-state index is 14.1. The van der Waals surface area contributed by atoms with Crippen LogP contribution in [0.3, 0.4) is 0 Å². The minimum atomic E-state index is -4.74. The summed E-state index contributed by atoms with van der Waals surface area (Å²) in [5.41, 5.74) is -0.482. The summed E-state index contributed by atoms with van der Waals surface area (Å²) in [6.45, 7) is 2.20. The summed E-state index contributed by atoms with van der Waals surface area (Å²) >= 11 is 0. The zero-order valence-corrected chi connectivity index (χ0v) is 20.4. The predicted octanol–water partition coefficient (Wildman–Crippen LogP) is 6.57. The molecule has 3 saturated carbocycles. The summed E-state index contributed by atoms with van der Waals surface area (Å²) in [4.78, 5) is 12.8. The van der Waals surface area contributed by atoms with Gasteiger partial charge in [-0.05, 0) is 97.8 Å². The molecule has 1 aromatic carbocycles. The number of carbonyl (C=O) groups excluding carboxylic acids is 1. The third kappa shape index (κ3) is 3.93. The lowest BCUT2D eigenvalue weighted by atomic mass is 9.53. The molecule has 5 rings (SSSR count). The number of hydrogen-bond donors (Lipinski definition) is 1. The molecule has 0 radical (unpaired) electrons. The number of alkyl halides is 3. The van der Waals surface area contributed by atoms with Crippen molar-refractivity contribution in [3.05, 3.63) is 28.8 Å². The second-order valence-electron chi connectivity index (χ2n) is 11.3. The molecule has 0 aliphatic heterocycles. The number of ketones is 1. The molecule has 0 amide bonds. The third-order valence-corrected chi connectivity index (χ3v) is 10.6. The minimum Gasteiger partial charge on any atom is -0.299 e. The molecule has 4 nitrogen and oxygen atoms in total. The van der Waals surface area contributed by atoms with Crippen molar-refractivity contribution in [3.63, 3.8) is 0 Å². The number of halogens is 3. The fraction of sp³-hybridized carbons (Fsp3) is 0.731. The van der Waals surface area contributed by atoms with Crippen molar-refractivity contribution in [3.8, 4) is 0 Å². The monoisotopic (exact) mass is 498 g/mol. The number of rotatable bonds is 3. The predicted molar refractivity (Wildman–Crippen MR) is 121 cm³/mol. The Hall–Kier alpha value is -1.41. The molecule has 0 aromatic heterocycles. The van der Waals surface area contributed by atoms with Crippen LogP contribution in [-0.2, 0) is 27.5 Å². The molecule has 8 heteroatoms. The first-order valence-electron chi connectivity index (χ1n) is 12.7. The van der Waals surface area contributed by atoms with Crippen LogP contribution in [0.2, 0.25) is 0 Å². The first-order chi connectivity index (χ1) is 15.9. The summed E-state index contributed by atoms with van der Waals surface area (Å²) in [6, 6.07) is 1.84. The number of Topliss-reactive ketones (excluding diaryl/α,β-unsaturated/α-hetero) is 1. The van der Waals surface area contributed by atoms with E-state index in [-0.39, 0.29) is 40.6 Å². The van der Waals surface area contributed by atoms with Gasteiger partial charge in [-0.2, -0.15) is 21.6 Å². The Bertz CT molecular complexity index is 1090. The van der Waals surface area contributed by atoms with Crippen molar-refractivity contribution in [1.82, 2.24) is 0 Å². The molecule has 0 unspecified atom stereocenters. The quantitative estimate of drug-likeness (QED) is 0.478. The Balaban J connectivity index is 1.49. The van der Waals surface area contributed by atoms with E-state index in [1.807, 2.05) is 0 Å². The van der Waals surface area contributed by atoms with Crippen LogP contribution in [0.15, 0.2) is 17.0 Å². The summed E-state index contributed by atoms with van der Waals surface area (Å²) < 4.78 is 75.0. The van der Waals surface area contributed by atoms with Gasteiger partial charge in [-0.15, -0.1) is 0 Å². The van der Waals surface area contributed by atoms with Crippen LogP contribution >= 0.6 is 0 Å². The van der Waals surface area contributed by atoms with E-state index in [4.69, 9.17) is 0 Å². The van der Waals surface area contributed by atoms with Crippen LogP contribution in [0, 0.1) is 29.1 Å². The summed E-state index contributed by atoms with van der Waals surface area (Å²) in [5, 5.41) is 0. The molecule has 34 heavy (non-hydrogen) atoms. The normalized spacial score (nSPS) is 34.3. The molecule has 0 bridgehead atoms. The molecule has 188 valence electrons. The lowest BCUT2D eigenvalue weighted by Crippen LogP contribution is -2.45. The third-order valence-electron chi connectivity index (χ3n) is 9.75. The SMILES string of the molecule is C[C@]12CC[C@@H]3c4c(cc(S(=O)(=O)O)cc4C(F)(F)F)CC[C@H]3[C@@H]1CC[C@@H]2C(=O)C1CCCCC1. The highest BCUT2D eigenvalue weighted by molar-refractivity contribution is 7.85. The molecule has 0 spiro atoms. The van der Waals surface area contributed by atoms with Crippen LogP contribution in [0.25, 0.3) is 0 Å². The van der Waals surface area contributed by atoms with Gasteiger partial charge in [0.05, 0.1) is 10.5 Å². The summed E-state index contributed by atoms with van der Waals surface area (Å²) in [7, 11) is -4.74. The number of benzene rings is 1. The topological polar surface area (TPSA) is 71.4 Å². The highest BCUT2D eigenvalue weighted by atomic mass is 32.2. The molecule has 0 heterocycles. The van der Waals surface area contributed by atoms with Crippen LogP contribution in [0.5, 0.6) is 0 Å². The Morgan fingerprint density at radius 1 is 1.03 bits per heavy atom. The Morgan fingerprint density at radius 2 is 1.74 bits per heavy atom. The van der Waals surface area contributed by atoms with Crippen LogP contribution in [0.4, 0.5) is 13.2 Å². The molecule has 1 N–H and O–H groups in total. The van der Waals surface area contributed by atoms with Crippen molar-refractivity contribution in [2.45, 2.75) is 94.5 Å². The number of aryl methyl sites for hydroxylation is 1. The smallest absolute Gasteiger partial charge is 0.299 e. The van der Waals surface area contributed by atoms with Gasteiger partial charge in [0.1, 0.15) is 5.78 Å². The zero-order chi connectivity index (χ0) is 24.5. The van der Waals surface area contributed by atoms with Gasteiger partial charge in [0.2, 0.25) is 0 Å². The highest BCUT2D eigenvalue weighted by Crippen LogP contribution is 2.64. The lowest BCUT2D eigenvalue weighted by Gasteiger charge is -2.51. The Labute approximate surface area is 199 Å². The lowest BCUT2D eigenvalue weighted by molar-refractivity contribution is -0.139. The highest BCUT2D eigenvalue weighted by Gasteiger charge is 2.58. The van der Waals surface area contributed by atoms with E-state index in [9.17, 15) is 30.9 Å². The second-order valence-corrected chi connectivity index (χ2v) is 12.8. The Morgan fingerprint density at radius 3 is 2.38 bits per heavy atom. The van der Waals surface area contributed by atoms with Gasteiger partial charge in [0.25, 0.3) is 10.1 Å². The summed E-state index contributed by atoms with van der Waals surface area (Å²) in [5.74, 6) is 0.527. The second kappa shape index (κ2) is 8.32. The van der Waals surface area contributed by atoms with E-state index >= 15 is 0 Å². The van der Waals surface area contributed by atoms with E-state index in [1.165, 1.54) is 12.5 Å². The van der Waals surface area contributed by atoms with E-state index in [0.717, 1.165) is 44.9 Å². The first-order valence-corrected chi connectivity index (χ1v) is 14.1. The number of carbonyl (C=O) groups is 1. The van der Waals surface area contributed by atoms with Gasteiger partial charge in [-0.3, -0.25) is 9.35 Å². The molecule has 5 atom stereocenters. The molecular weight excluding hydrogens is 465 g/mol. The Kier molecular flexibility index (Phi) is 5.95. The maximum Gasteiger partial charge on any atom is 0.416 e. The van der Waals surface area contributed by atoms with Crippen molar-refractivity contribution >= 4 is 15.9 Å². The fourth-order valence-corrected chi connectivity index (χ4v) is 8.78. The molecule has 4 aliphatic carbocycles. The van der Waals surface area contributed by atoms with Crippen molar-refractivity contribution in [2.75, 3.05) is 0 Å². The number of fused-ring (bicyclic) bond motifs is 5. The molecule has 4 aliphatic rings. The number of hydrogen-bond acceptors (Lipinski definition) is 3. The van der Waals surface area contributed by atoms with Crippen molar-refractivity contribution in [2.24, 2.45) is 29.1 Å². The average Bonchev–Trinajstić information content (AvgIpc) is 3.14. The zero-order valence-electron chi connectivity index (χ0n) is 19.5. The van der Waals surface area contributed by atoms with Gasteiger partial charge in [-0.1, -0.05) is 26.2 Å². The maximum atomic E-state index is 14.1. The molecule has 0 saturated heterocycles. The van der Waals surface area contributed by atoms with Crippen LogP contribution < -0.4 is 0 Å². The van der Waals surface area contributed by atoms with E-state index in [0.29, 0.717) is 36.7 Å².